The monoisotopic (exact) mass is 140 g/mol. The molecule has 0 radical (unpaired) electrons. The van der Waals surface area contributed by atoms with Gasteiger partial charge in [0.15, 0.2) is 0 Å². The van der Waals surface area contributed by atoms with Gasteiger partial charge in [-0.25, -0.2) is 0 Å². The lowest BCUT2D eigenvalue weighted by molar-refractivity contribution is 2.81. The Morgan fingerprint density at radius 3 is 1.25 bits per heavy atom. The maximum absolute atomic E-state index is 3.00. The van der Waals surface area contributed by atoms with Gasteiger partial charge in [-0.2, -0.15) is 0 Å². The van der Waals surface area contributed by atoms with E-state index in [0.717, 1.165) is 0 Å². The largest absolute Gasteiger partial charge is 0.106 e. The predicted octanol–water partition coefficient (Wildman–Crippen LogP) is 1.97. The van der Waals surface area contributed by atoms with Gasteiger partial charge in [-0.3, -0.25) is 0 Å². The maximum atomic E-state index is 3.00. The van der Waals surface area contributed by atoms with Crippen LogP contribution in [0, 0.1) is 0 Å². The van der Waals surface area contributed by atoms with Crippen LogP contribution in [0.15, 0.2) is 13.2 Å². The number of hydrogen-bond acceptors (Lipinski definition) is 0. The van der Waals surface area contributed by atoms with Gasteiger partial charge in [0, 0.05) is 0 Å². The van der Waals surface area contributed by atoms with Crippen molar-refractivity contribution in [2.45, 2.75) is 0 Å². The highest BCUT2D eigenvalue weighted by Crippen LogP contribution is 1.85. The third-order valence-corrected chi connectivity index (χ3v) is 0. The summed E-state index contributed by atoms with van der Waals surface area (Å²) >= 11 is 2.85. The topological polar surface area (TPSA) is 0 Å². The normalized spacial score (nSPS) is 2.50. The van der Waals surface area contributed by atoms with Crippen LogP contribution in [0.1, 0.15) is 0 Å². The molecule has 0 fully saturated rings. The minimum atomic E-state index is 2.23. The Bertz CT molecular complexity index is 6.00. The fraction of sp³-hybridized carbons (Fsp3) is 0. The number of rotatable bonds is 0. The van der Waals surface area contributed by atoms with Gasteiger partial charge < -0.3 is 0 Å². The lowest BCUT2D eigenvalue weighted by Crippen LogP contribution is -0.552. The van der Waals surface area contributed by atoms with Crippen LogP contribution in [0.5, 0.6) is 0 Å². The quantitative estimate of drug-likeness (QED) is 0.357. The Labute approximate surface area is 37.2 Å². The molecule has 0 aliphatic carbocycles. The average Bonchev–Trinajstić information content (AvgIpc) is 1.50. The van der Waals surface area contributed by atoms with E-state index < -0.39 is 0 Å². The van der Waals surface area contributed by atoms with Crippen LogP contribution < -0.4 is 0 Å². The molecular formula is C2H6BrP. The van der Waals surface area contributed by atoms with E-state index in [-0.39, 0.29) is 0 Å². The molecule has 0 aromatic heterocycles. The number of halogens is 1. The molecule has 0 saturated carbocycles. The Kier molecular flexibility index (Phi) is 134. The summed E-state index contributed by atoms with van der Waals surface area (Å²) in [6, 6.07) is 0. The highest BCUT2D eigenvalue weighted by Gasteiger charge is 0.933. The van der Waals surface area contributed by atoms with Gasteiger partial charge in [0.1, 0.15) is 0 Å². The first-order valence-corrected chi connectivity index (χ1v) is 3.90. The summed E-state index contributed by atoms with van der Waals surface area (Å²) in [5.74, 6) is 0. The van der Waals surface area contributed by atoms with Crippen molar-refractivity contribution < 1.29 is 0 Å². The zero-order chi connectivity index (χ0) is 4.00. The van der Waals surface area contributed by atoms with Crippen molar-refractivity contribution in [3.63, 3.8) is 0 Å². The van der Waals surface area contributed by atoms with Crippen LogP contribution in [-0.2, 0) is 0 Å². The van der Waals surface area contributed by atoms with Crippen molar-refractivity contribution in [2.75, 3.05) is 0 Å². The van der Waals surface area contributed by atoms with Gasteiger partial charge in [-0.1, -0.05) is 23.4 Å². The molecule has 0 heterocycles. The predicted molar refractivity (Wildman–Crippen MR) is 29.9 cm³/mol. The zero-order valence-electron chi connectivity index (χ0n) is 2.37. The van der Waals surface area contributed by atoms with E-state index >= 15 is 0 Å². The highest BCUT2D eigenvalue weighted by atomic mass is 79.9. The second-order valence-corrected chi connectivity index (χ2v) is 0. The first-order chi connectivity index (χ1) is 2.00. The Hall–Kier alpha value is 0.650. The summed E-state index contributed by atoms with van der Waals surface area (Å²) in [6.45, 7) is 6.00. The minimum absolute atomic E-state index is 2.23. The molecule has 0 bridgehead atoms. The molecular weight excluding hydrogens is 135 g/mol. The second kappa shape index (κ2) is 60.7. The van der Waals surface area contributed by atoms with Gasteiger partial charge >= 0.3 is 0 Å². The molecule has 0 aliphatic rings. The maximum Gasteiger partial charge on any atom is -0.0652 e. The van der Waals surface area contributed by atoms with Crippen molar-refractivity contribution in [2.24, 2.45) is 0 Å². The molecule has 1 atom stereocenters. The Morgan fingerprint density at radius 2 is 1.25 bits per heavy atom. The summed E-state index contributed by atoms with van der Waals surface area (Å²) in [7, 11) is 2.23. The van der Waals surface area contributed by atoms with Gasteiger partial charge in [-0.15, -0.1) is 13.2 Å². The molecule has 4 heavy (non-hydrogen) atoms. The fourth-order valence-corrected chi connectivity index (χ4v) is 0. The van der Waals surface area contributed by atoms with Gasteiger partial charge in [-0.05, 0) is 0 Å². The van der Waals surface area contributed by atoms with Gasteiger partial charge in [0.25, 0.3) is 0 Å². The van der Waals surface area contributed by atoms with E-state index in [0.29, 0.717) is 0 Å². The smallest absolute Gasteiger partial charge is 0.0652 e. The standard InChI is InChI=1S/C2H4.BrH2P/c2*1-2/h1-2H2;2H2. The van der Waals surface area contributed by atoms with Gasteiger partial charge in [0.2, 0.25) is 0 Å². The second-order valence-electron chi connectivity index (χ2n) is 0. The molecule has 0 aromatic carbocycles. The third kappa shape index (κ3) is 17.1. The molecule has 26 valence electrons. The molecule has 0 aliphatic heterocycles. The van der Waals surface area contributed by atoms with Crippen LogP contribution in [0.3, 0.4) is 0 Å². The van der Waals surface area contributed by atoms with Crippen LogP contribution in [0.25, 0.3) is 0 Å². The Balaban J connectivity index is 0. The van der Waals surface area contributed by atoms with E-state index in [4.69, 9.17) is 0 Å². The molecule has 0 rings (SSSR count). The lowest BCUT2D eigenvalue weighted by atomic mass is 11.3. The van der Waals surface area contributed by atoms with Crippen LogP contribution in [0.4, 0.5) is 0 Å². The molecule has 0 saturated heterocycles. The molecule has 0 aromatic rings. The fourth-order valence-electron chi connectivity index (χ4n) is 0. The third-order valence-electron chi connectivity index (χ3n) is 0. The molecule has 0 N–H and O–H groups in total. The highest BCUT2D eigenvalue weighted by molar-refractivity contribution is 9.34. The SMILES string of the molecule is C=C.PBr. The van der Waals surface area contributed by atoms with Crippen molar-refractivity contribution in [1.29, 1.82) is 0 Å². The molecule has 1 unspecified atom stereocenters. The molecule has 0 spiro atoms. The summed E-state index contributed by atoms with van der Waals surface area (Å²) in [5.41, 5.74) is 0. The van der Waals surface area contributed by atoms with Crippen molar-refractivity contribution in [3.05, 3.63) is 13.2 Å². The summed E-state index contributed by atoms with van der Waals surface area (Å²) in [5, 5.41) is 0. The molecule has 0 nitrogen and oxygen atoms in total. The van der Waals surface area contributed by atoms with E-state index in [2.05, 4.69) is 36.6 Å². The van der Waals surface area contributed by atoms with E-state index in [1.54, 1.807) is 0 Å². The van der Waals surface area contributed by atoms with Crippen molar-refractivity contribution >= 4 is 23.4 Å². The van der Waals surface area contributed by atoms with Crippen LogP contribution in [-0.4, -0.2) is 0 Å². The van der Waals surface area contributed by atoms with Crippen LogP contribution >= 0.6 is 23.4 Å². The summed E-state index contributed by atoms with van der Waals surface area (Å²) < 4.78 is 0. The molecule has 2 heteroatoms. The molecule has 0 amide bonds. The van der Waals surface area contributed by atoms with Crippen molar-refractivity contribution in [1.82, 2.24) is 0 Å². The van der Waals surface area contributed by atoms with E-state index in [1.807, 2.05) is 0 Å². The Morgan fingerprint density at radius 1 is 1.25 bits per heavy atom. The minimum Gasteiger partial charge on any atom is -0.106 e. The van der Waals surface area contributed by atoms with Gasteiger partial charge in [0.05, 0.1) is 0 Å². The van der Waals surface area contributed by atoms with Crippen molar-refractivity contribution in [3.8, 4) is 0 Å². The van der Waals surface area contributed by atoms with Crippen LogP contribution in [0.2, 0.25) is 0 Å². The first-order valence-electron chi connectivity index (χ1n) is 0.718. The van der Waals surface area contributed by atoms with E-state index in [9.17, 15) is 0 Å². The summed E-state index contributed by atoms with van der Waals surface area (Å²) in [6.07, 6.45) is 0. The average molecular weight is 141 g/mol. The summed E-state index contributed by atoms with van der Waals surface area (Å²) in [4.78, 5) is 0. The number of hydrogen-bond donors (Lipinski definition) is 0. The van der Waals surface area contributed by atoms with E-state index in [1.165, 1.54) is 0 Å². The zero-order valence-corrected chi connectivity index (χ0v) is 5.11. The lowest BCUT2D eigenvalue weighted by Gasteiger charge is -1.07. The first kappa shape index (κ1) is 8.82.